The molecule has 0 spiro atoms. The van der Waals surface area contributed by atoms with Crippen LogP contribution in [0, 0.1) is 27.7 Å². The van der Waals surface area contributed by atoms with Crippen molar-refractivity contribution in [3.05, 3.63) is 52.2 Å². The zero-order chi connectivity index (χ0) is 14.0. The van der Waals surface area contributed by atoms with Crippen molar-refractivity contribution in [2.75, 3.05) is 0 Å². The number of oxazole rings is 1. The van der Waals surface area contributed by atoms with Crippen molar-refractivity contribution in [3.8, 4) is 0 Å². The molecule has 2 rings (SSSR count). The smallest absolute Gasteiger partial charge is 0.208 e. The topological polar surface area (TPSA) is 38.1 Å². The summed E-state index contributed by atoms with van der Waals surface area (Å²) in [6, 6.07) is 4.75. The summed E-state index contributed by atoms with van der Waals surface area (Å²) in [6.45, 7) is 11.2. The van der Waals surface area contributed by atoms with Gasteiger partial charge in [0.15, 0.2) is 0 Å². The Labute approximate surface area is 115 Å². The van der Waals surface area contributed by atoms with Gasteiger partial charge in [-0.2, -0.15) is 0 Å². The monoisotopic (exact) mass is 258 g/mol. The lowest BCUT2D eigenvalue weighted by atomic mass is 9.95. The van der Waals surface area contributed by atoms with E-state index in [1.165, 1.54) is 22.3 Å². The lowest BCUT2D eigenvalue weighted by molar-refractivity contribution is 0.431. The molecule has 3 nitrogen and oxygen atoms in total. The predicted molar refractivity (Wildman–Crippen MR) is 77.1 cm³/mol. The molecule has 0 fully saturated rings. The average molecular weight is 258 g/mol. The first kappa shape index (κ1) is 13.8. The highest BCUT2D eigenvalue weighted by Crippen LogP contribution is 2.23. The summed E-state index contributed by atoms with van der Waals surface area (Å²) in [5.41, 5.74) is 5.35. The Morgan fingerprint density at radius 1 is 1.16 bits per heavy atom. The minimum atomic E-state index is 0.285. The molecule has 0 aliphatic rings. The number of benzene rings is 1. The van der Waals surface area contributed by atoms with Crippen LogP contribution in [0.4, 0.5) is 0 Å². The van der Waals surface area contributed by atoms with E-state index >= 15 is 0 Å². The Kier molecular flexibility index (Phi) is 4.05. The number of rotatable bonds is 4. The SMILES string of the molecule is Cc1cc(C)c(C(C)NCc2ncc(C)o2)c(C)c1. The summed E-state index contributed by atoms with van der Waals surface area (Å²) >= 11 is 0. The van der Waals surface area contributed by atoms with Crippen LogP contribution in [0.15, 0.2) is 22.7 Å². The maximum Gasteiger partial charge on any atom is 0.208 e. The van der Waals surface area contributed by atoms with Crippen LogP contribution in [0.25, 0.3) is 0 Å². The summed E-state index contributed by atoms with van der Waals surface area (Å²) in [5.74, 6) is 1.60. The minimum absolute atomic E-state index is 0.285. The minimum Gasteiger partial charge on any atom is -0.445 e. The number of aromatic nitrogens is 1. The second kappa shape index (κ2) is 5.57. The number of hydrogen-bond acceptors (Lipinski definition) is 3. The third kappa shape index (κ3) is 3.24. The van der Waals surface area contributed by atoms with Crippen molar-refractivity contribution in [2.45, 2.75) is 47.2 Å². The molecule has 0 aliphatic carbocycles. The number of nitrogens with one attached hydrogen (secondary N) is 1. The lowest BCUT2D eigenvalue weighted by Crippen LogP contribution is -2.20. The van der Waals surface area contributed by atoms with Crippen molar-refractivity contribution < 1.29 is 4.42 Å². The van der Waals surface area contributed by atoms with Gasteiger partial charge in [-0.15, -0.1) is 0 Å². The molecule has 1 unspecified atom stereocenters. The fourth-order valence-corrected chi connectivity index (χ4v) is 2.70. The fourth-order valence-electron chi connectivity index (χ4n) is 2.70. The number of aryl methyl sites for hydroxylation is 4. The van der Waals surface area contributed by atoms with Crippen LogP contribution in [0.2, 0.25) is 0 Å². The van der Waals surface area contributed by atoms with Crippen LogP contribution in [0.3, 0.4) is 0 Å². The molecule has 1 N–H and O–H groups in total. The van der Waals surface area contributed by atoms with Gasteiger partial charge in [-0.3, -0.25) is 0 Å². The van der Waals surface area contributed by atoms with Gasteiger partial charge in [0.1, 0.15) is 5.76 Å². The Bertz CT molecular complexity index is 549. The largest absolute Gasteiger partial charge is 0.445 e. The van der Waals surface area contributed by atoms with Gasteiger partial charge >= 0.3 is 0 Å². The normalized spacial score (nSPS) is 12.7. The van der Waals surface area contributed by atoms with Crippen molar-refractivity contribution in [1.29, 1.82) is 0 Å². The molecule has 0 saturated carbocycles. The summed E-state index contributed by atoms with van der Waals surface area (Å²) in [6.07, 6.45) is 1.75. The van der Waals surface area contributed by atoms with Crippen molar-refractivity contribution >= 4 is 0 Å². The molecule has 0 bridgehead atoms. The summed E-state index contributed by atoms with van der Waals surface area (Å²) in [7, 11) is 0. The molecule has 102 valence electrons. The first-order chi connectivity index (χ1) is 8.97. The Hall–Kier alpha value is -1.61. The van der Waals surface area contributed by atoms with Gasteiger partial charge in [0, 0.05) is 6.04 Å². The fraction of sp³-hybridized carbons (Fsp3) is 0.438. The average Bonchev–Trinajstić information content (AvgIpc) is 2.71. The van der Waals surface area contributed by atoms with E-state index in [-0.39, 0.29) is 6.04 Å². The highest BCUT2D eigenvalue weighted by molar-refractivity contribution is 5.39. The molecule has 1 aromatic carbocycles. The zero-order valence-corrected chi connectivity index (χ0v) is 12.4. The molecule has 0 amide bonds. The lowest BCUT2D eigenvalue weighted by Gasteiger charge is -2.19. The molecule has 0 saturated heterocycles. The van der Waals surface area contributed by atoms with Crippen molar-refractivity contribution in [1.82, 2.24) is 10.3 Å². The molecule has 3 heteroatoms. The third-order valence-electron chi connectivity index (χ3n) is 3.40. The van der Waals surface area contributed by atoms with E-state index in [9.17, 15) is 0 Å². The first-order valence-corrected chi connectivity index (χ1v) is 6.70. The van der Waals surface area contributed by atoms with E-state index in [2.05, 4.69) is 50.1 Å². The summed E-state index contributed by atoms with van der Waals surface area (Å²) in [5, 5.41) is 3.47. The summed E-state index contributed by atoms with van der Waals surface area (Å²) < 4.78 is 5.48. The zero-order valence-electron chi connectivity index (χ0n) is 12.4. The van der Waals surface area contributed by atoms with E-state index in [1.54, 1.807) is 6.20 Å². The molecular weight excluding hydrogens is 236 g/mol. The van der Waals surface area contributed by atoms with Crippen molar-refractivity contribution in [3.63, 3.8) is 0 Å². The number of hydrogen-bond donors (Lipinski definition) is 1. The van der Waals surface area contributed by atoms with Crippen LogP contribution >= 0.6 is 0 Å². The van der Waals surface area contributed by atoms with Crippen LogP contribution in [-0.4, -0.2) is 4.98 Å². The summed E-state index contributed by atoms with van der Waals surface area (Å²) in [4.78, 5) is 4.21. The van der Waals surface area contributed by atoms with Gasteiger partial charge in [0.2, 0.25) is 5.89 Å². The second-order valence-corrected chi connectivity index (χ2v) is 5.28. The Balaban J connectivity index is 2.10. The van der Waals surface area contributed by atoms with Gasteiger partial charge in [-0.25, -0.2) is 4.98 Å². The highest BCUT2D eigenvalue weighted by Gasteiger charge is 2.12. The Morgan fingerprint density at radius 2 is 1.79 bits per heavy atom. The van der Waals surface area contributed by atoms with E-state index < -0.39 is 0 Å². The maximum atomic E-state index is 5.48. The molecule has 1 atom stereocenters. The van der Waals surface area contributed by atoms with E-state index in [1.807, 2.05) is 6.92 Å². The van der Waals surface area contributed by atoms with Crippen LogP contribution in [0.1, 0.15) is 46.9 Å². The van der Waals surface area contributed by atoms with E-state index in [0.29, 0.717) is 6.54 Å². The Morgan fingerprint density at radius 3 is 2.32 bits per heavy atom. The van der Waals surface area contributed by atoms with Crippen molar-refractivity contribution in [2.24, 2.45) is 0 Å². The maximum absolute atomic E-state index is 5.48. The third-order valence-corrected chi connectivity index (χ3v) is 3.40. The molecule has 1 aromatic heterocycles. The van der Waals surface area contributed by atoms with Gasteiger partial charge in [-0.1, -0.05) is 17.7 Å². The molecule has 1 heterocycles. The number of nitrogens with zero attached hydrogens (tertiary/aromatic N) is 1. The van der Waals surface area contributed by atoms with Gasteiger partial charge in [0.25, 0.3) is 0 Å². The predicted octanol–water partition coefficient (Wildman–Crippen LogP) is 3.76. The standard InChI is InChI=1S/C16H22N2O/c1-10-6-11(2)16(12(3)7-10)14(5)17-9-15-18-8-13(4)19-15/h6-8,14,17H,9H2,1-5H3. The quantitative estimate of drug-likeness (QED) is 0.907. The van der Waals surface area contributed by atoms with Gasteiger partial charge in [-0.05, 0) is 51.3 Å². The molecule has 2 aromatic rings. The molecular formula is C16H22N2O. The van der Waals surface area contributed by atoms with E-state index in [4.69, 9.17) is 4.42 Å². The second-order valence-electron chi connectivity index (χ2n) is 5.28. The van der Waals surface area contributed by atoms with Crippen LogP contribution in [-0.2, 0) is 6.54 Å². The van der Waals surface area contributed by atoms with Crippen LogP contribution < -0.4 is 5.32 Å². The highest BCUT2D eigenvalue weighted by atomic mass is 16.4. The molecule has 0 radical (unpaired) electrons. The van der Waals surface area contributed by atoms with E-state index in [0.717, 1.165) is 11.7 Å². The van der Waals surface area contributed by atoms with Gasteiger partial charge < -0.3 is 9.73 Å². The molecule has 19 heavy (non-hydrogen) atoms. The van der Waals surface area contributed by atoms with Gasteiger partial charge in [0.05, 0.1) is 12.7 Å². The molecule has 0 aliphatic heterocycles. The van der Waals surface area contributed by atoms with Crippen LogP contribution in [0.5, 0.6) is 0 Å². The first-order valence-electron chi connectivity index (χ1n) is 6.70.